The van der Waals surface area contributed by atoms with Gasteiger partial charge in [-0.05, 0) is 30.6 Å². The van der Waals surface area contributed by atoms with Gasteiger partial charge in [-0.3, -0.25) is 0 Å². The smallest absolute Gasteiger partial charge is 0.00186 e. The minimum atomic E-state index is 0.666. The number of nitrogens with zero attached hydrogens (tertiary/aromatic N) is 1. The third-order valence-corrected chi connectivity index (χ3v) is 4.05. The molecule has 0 bridgehead atoms. The van der Waals surface area contributed by atoms with Crippen molar-refractivity contribution in [2.24, 2.45) is 17.3 Å². The minimum absolute atomic E-state index is 0.666. The highest BCUT2D eigenvalue weighted by Crippen LogP contribution is 2.61. The topological polar surface area (TPSA) is 3.24 Å². The van der Waals surface area contributed by atoms with Crippen molar-refractivity contribution in [2.75, 3.05) is 19.6 Å². The molecule has 2 atom stereocenters. The lowest BCUT2D eigenvalue weighted by Gasteiger charge is -2.21. The molecule has 2 fully saturated rings. The Balaban J connectivity index is 1.75. The number of hydrogen-bond donors (Lipinski definition) is 0. The van der Waals surface area contributed by atoms with E-state index in [9.17, 15) is 0 Å². The highest BCUT2D eigenvalue weighted by atomic mass is 15.2. The zero-order valence-electron chi connectivity index (χ0n) is 9.14. The molecular weight excluding hydrogens is 158 g/mol. The van der Waals surface area contributed by atoms with E-state index < -0.39 is 0 Å². The Hall–Kier alpha value is -0.300. The summed E-state index contributed by atoms with van der Waals surface area (Å²) in [5, 5.41) is 0. The fraction of sp³-hybridized carbons (Fsp3) is 0.833. The van der Waals surface area contributed by atoms with Gasteiger partial charge < -0.3 is 4.90 Å². The summed E-state index contributed by atoms with van der Waals surface area (Å²) in [6.45, 7) is 14.8. The normalized spacial score (nSPS) is 35.9. The van der Waals surface area contributed by atoms with Crippen molar-refractivity contribution in [3.05, 3.63) is 12.2 Å². The lowest BCUT2D eigenvalue weighted by molar-refractivity contribution is 0.261. The van der Waals surface area contributed by atoms with Gasteiger partial charge in [-0.15, -0.1) is 6.58 Å². The van der Waals surface area contributed by atoms with Crippen LogP contribution in [0.3, 0.4) is 0 Å². The fourth-order valence-corrected chi connectivity index (χ4v) is 2.74. The van der Waals surface area contributed by atoms with Crippen molar-refractivity contribution in [2.45, 2.75) is 27.2 Å². The van der Waals surface area contributed by atoms with Crippen LogP contribution in [-0.2, 0) is 0 Å². The van der Waals surface area contributed by atoms with Crippen LogP contribution in [0, 0.1) is 17.3 Å². The van der Waals surface area contributed by atoms with E-state index in [1.807, 2.05) is 0 Å². The SMILES string of the molecule is C=C(C)CCN1CC2C(C1)C2(C)C. The molecule has 0 aromatic carbocycles. The summed E-state index contributed by atoms with van der Waals surface area (Å²) >= 11 is 0. The van der Waals surface area contributed by atoms with Crippen LogP contribution in [0.25, 0.3) is 0 Å². The monoisotopic (exact) mass is 179 g/mol. The van der Waals surface area contributed by atoms with Gasteiger partial charge in [-0.1, -0.05) is 19.4 Å². The van der Waals surface area contributed by atoms with Gasteiger partial charge in [0.2, 0.25) is 0 Å². The highest BCUT2D eigenvalue weighted by molar-refractivity contribution is 5.11. The number of hydrogen-bond acceptors (Lipinski definition) is 1. The van der Waals surface area contributed by atoms with Gasteiger partial charge in [0, 0.05) is 19.6 Å². The van der Waals surface area contributed by atoms with Crippen LogP contribution in [0.1, 0.15) is 27.2 Å². The van der Waals surface area contributed by atoms with E-state index in [4.69, 9.17) is 0 Å². The van der Waals surface area contributed by atoms with Crippen LogP contribution in [-0.4, -0.2) is 24.5 Å². The molecule has 2 unspecified atom stereocenters. The first kappa shape index (κ1) is 9.26. The maximum Gasteiger partial charge on any atom is 0.00186 e. The largest absolute Gasteiger partial charge is 0.302 e. The highest BCUT2D eigenvalue weighted by Gasteiger charge is 2.61. The molecule has 1 aliphatic carbocycles. The molecule has 0 aromatic heterocycles. The van der Waals surface area contributed by atoms with E-state index in [-0.39, 0.29) is 0 Å². The average molecular weight is 179 g/mol. The van der Waals surface area contributed by atoms with Gasteiger partial charge in [-0.2, -0.15) is 0 Å². The van der Waals surface area contributed by atoms with Gasteiger partial charge in [-0.25, -0.2) is 0 Å². The lowest BCUT2D eigenvalue weighted by atomic mass is 10.1. The van der Waals surface area contributed by atoms with Crippen LogP contribution >= 0.6 is 0 Å². The molecule has 13 heavy (non-hydrogen) atoms. The average Bonchev–Trinajstić information content (AvgIpc) is 2.51. The van der Waals surface area contributed by atoms with Gasteiger partial charge >= 0.3 is 0 Å². The standard InChI is InChI=1S/C12H21N/c1-9(2)5-6-13-7-10-11(8-13)12(10,3)4/h10-11H,1,5-8H2,2-4H3. The molecule has 1 nitrogen and oxygen atoms in total. The Kier molecular flexibility index (Phi) is 2.03. The van der Waals surface area contributed by atoms with Crippen molar-refractivity contribution in [3.8, 4) is 0 Å². The summed E-state index contributed by atoms with van der Waals surface area (Å²) in [5.74, 6) is 2.00. The summed E-state index contributed by atoms with van der Waals surface area (Å²) in [6.07, 6.45) is 1.18. The maximum atomic E-state index is 3.95. The first-order valence-electron chi connectivity index (χ1n) is 5.38. The molecule has 1 saturated heterocycles. The van der Waals surface area contributed by atoms with Gasteiger partial charge in [0.25, 0.3) is 0 Å². The van der Waals surface area contributed by atoms with Gasteiger partial charge in [0.1, 0.15) is 0 Å². The van der Waals surface area contributed by atoms with E-state index in [0.717, 1.165) is 11.8 Å². The predicted molar refractivity (Wildman–Crippen MR) is 56.6 cm³/mol. The summed E-state index contributed by atoms with van der Waals surface area (Å²) in [4.78, 5) is 2.61. The number of rotatable bonds is 3. The number of piperidine rings is 1. The second-order valence-electron chi connectivity index (χ2n) is 5.50. The van der Waals surface area contributed by atoms with Crippen molar-refractivity contribution < 1.29 is 0 Å². The molecule has 74 valence electrons. The molecule has 1 saturated carbocycles. The van der Waals surface area contributed by atoms with E-state index in [0.29, 0.717) is 5.41 Å². The van der Waals surface area contributed by atoms with E-state index >= 15 is 0 Å². The Morgan fingerprint density at radius 3 is 2.38 bits per heavy atom. The van der Waals surface area contributed by atoms with Crippen molar-refractivity contribution in [3.63, 3.8) is 0 Å². The molecule has 1 aliphatic heterocycles. The van der Waals surface area contributed by atoms with E-state index in [1.165, 1.54) is 31.6 Å². The Morgan fingerprint density at radius 1 is 1.38 bits per heavy atom. The molecule has 0 N–H and O–H groups in total. The number of fused-ring (bicyclic) bond motifs is 1. The predicted octanol–water partition coefficient (Wildman–Crippen LogP) is 2.54. The third kappa shape index (κ3) is 1.54. The zero-order chi connectivity index (χ0) is 9.64. The molecule has 2 aliphatic rings. The summed E-state index contributed by atoms with van der Waals surface area (Å²) in [5.41, 5.74) is 1.99. The summed E-state index contributed by atoms with van der Waals surface area (Å²) < 4.78 is 0. The molecule has 0 amide bonds. The summed E-state index contributed by atoms with van der Waals surface area (Å²) in [6, 6.07) is 0. The van der Waals surface area contributed by atoms with Crippen LogP contribution in [0.5, 0.6) is 0 Å². The first-order valence-corrected chi connectivity index (χ1v) is 5.38. The fourth-order valence-electron chi connectivity index (χ4n) is 2.74. The zero-order valence-corrected chi connectivity index (χ0v) is 9.14. The molecule has 0 radical (unpaired) electrons. The molecule has 0 aromatic rings. The second-order valence-corrected chi connectivity index (χ2v) is 5.50. The molecule has 0 spiro atoms. The molecule has 1 heteroatoms. The van der Waals surface area contributed by atoms with Gasteiger partial charge in [0.05, 0.1) is 0 Å². The quantitative estimate of drug-likeness (QED) is 0.602. The summed E-state index contributed by atoms with van der Waals surface area (Å²) in [7, 11) is 0. The molecular formula is C12H21N. The Morgan fingerprint density at radius 2 is 1.92 bits per heavy atom. The van der Waals surface area contributed by atoms with Crippen molar-refractivity contribution >= 4 is 0 Å². The second kappa shape index (κ2) is 2.84. The van der Waals surface area contributed by atoms with Crippen LogP contribution in [0.2, 0.25) is 0 Å². The van der Waals surface area contributed by atoms with Crippen molar-refractivity contribution in [1.82, 2.24) is 4.90 Å². The van der Waals surface area contributed by atoms with E-state index in [1.54, 1.807) is 0 Å². The molecule has 2 rings (SSSR count). The maximum absolute atomic E-state index is 3.95. The minimum Gasteiger partial charge on any atom is -0.302 e. The number of likely N-dealkylation sites (tertiary alicyclic amines) is 1. The van der Waals surface area contributed by atoms with Crippen LogP contribution in [0.4, 0.5) is 0 Å². The van der Waals surface area contributed by atoms with Crippen LogP contribution < -0.4 is 0 Å². The Bertz CT molecular complexity index is 215. The van der Waals surface area contributed by atoms with Crippen molar-refractivity contribution in [1.29, 1.82) is 0 Å². The lowest BCUT2D eigenvalue weighted by Crippen LogP contribution is -2.27. The first-order chi connectivity index (χ1) is 6.01. The molecule has 1 heterocycles. The van der Waals surface area contributed by atoms with Gasteiger partial charge in [0.15, 0.2) is 0 Å². The van der Waals surface area contributed by atoms with Crippen LogP contribution in [0.15, 0.2) is 12.2 Å². The third-order valence-electron chi connectivity index (χ3n) is 4.05. The Labute approximate surface area is 81.8 Å². The van der Waals surface area contributed by atoms with E-state index in [2.05, 4.69) is 32.3 Å².